The fraction of sp³-hybridized carbons (Fsp3) is 0.290. The minimum atomic E-state index is -1.17. The summed E-state index contributed by atoms with van der Waals surface area (Å²) in [5, 5.41) is 3.24. The van der Waals surface area contributed by atoms with Crippen molar-refractivity contribution >= 4 is 35.0 Å². The molecule has 0 aromatic heterocycles. The van der Waals surface area contributed by atoms with E-state index < -0.39 is 10.3 Å². The summed E-state index contributed by atoms with van der Waals surface area (Å²) in [5.74, 6) is 2.31. The number of hydrogen-bond donors (Lipinski definition) is 1. The predicted octanol–water partition coefficient (Wildman–Crippen LogP) is 4.92. The Balaban J connectivity index is 1.58. The number of carbonyl (C=O) groups excluding carboxylic acids is 2. The Labute approximate surface area is 221 Å². The fourth-order valence-corrected chi connectivity index (χ4v) is 9.10. The molecular weight excluding hydrogens is 478 g/mol. The van der Waals surface area contributed by atoms with Gasteiger partial charge in [-0.05, 0) is 50.1 Å². The highest BCUT2D eigenvalue weighted by atomic mass is 32.2. The van der Waals surface area contributed by atoms with Crippen LogP contribution in [0, 0.1) is 19.3 Å². The van der Waals surface area contributed by atoms with Gasteiger partial charge in [-0.3, -0.25) is 19.4 Å². The van der Waals surface area contributed by atoms with E-state index in [1.54, 1.807) is 16.7 Å². The highest BCUT2D eigenvalue weighted by molar-refractivity contribution is 8.02. The number of carbonyl (C=O) groups is 2. The molecule has 4 aliphatic heterocycles. The van der Waals surface area contributed by atoms with Gasteiger partial charge in [-0.2, -0.15) is 0 Å². The van der Waals surface area contributed by atoms with Gasteiger partial charge in [0.25, 0.3) is 5.91 Å². The van der Waals surface area contributed by atoms with Crippen LogP contribution in [0.25, 0.3) is 0 Å². The molecule has 5 nitrogen and oxygen atoms in total. The minimum Gasteiger partial charge on any atom is -0.324 e. The van der Waals surface area contributed by atoms with E-state index in [4.69, 9.17) is 6.42 Å². The van der Waals surface area contributed by atoms with E-state index in [0.717, 1.165) is 46.8 Å². The van der Waals surface area contributed by atoms with Gasteiger partial charge in [0.05, 0.1) is 17.9 Å². The maximum Gasteiger partial charge on any atom is 0.255 e. The van der Waals surface area contributed by atoms with E-state index in [1.807, 2.05) is 42.5 Å². The van der Waals surface area contributed by atoms with Crippen LogP contribution in [0.5, 0.6) is 0 Å². The Morgan fingerprint density at radius 1 is 1.05 bits per heavy atom. The fourth-order valence-electron chi connectivity index (χ4n) is 7.35. The molecule has 0 saturated carbocycles. The second-order valence-corrected chi connectivity index (χ2v) is 11.7. The van der Waals surface area contributed by atoms with Crippen molar-refractivity contribution in [2.24, 2.45) is 0 Å². The van der Waals surface area contributed by atoms with Crippen molar-refractivity contribution in [2.75, 3.05) is 23.3 Å². The SMILES string of the molecule is C#CCN1C(=O)[C@]2(c3ccccc31)N1CCCC1[C@H](c1ccc(C)cc1)[C@]21Sc2ccccc2NC1=O. The van der Waals surface area contributed by atoms with Gasteiger partial charge in [0.1, 0.15) is 4.75 Å². The quantitative estimate of drug-likeness (QED) is 0.503. The van der Waals surface area contributed by atoms with Gasteiger partial charge in [0.15, 0.2) is 5.54 Å². The molecule has 2 saturated heterocycles. The molecule has 2 fully saturated rings. The van der Waals surface area contributed by atoms with Gasteiger partial charge in [-0.15, -0.1) is 18.2 Å². The number of benzene rings is 3. The highest BCUT2D eigenvalue weighted by Gasteiger charge is 2.80. The summed E-state index contributed by atoms with van der Waals surface area (Å²) < 4.78 is -1.11. The van der Waals surface area contributed by atoms with Crippen LogP contribution in [-0.4, -0.2) is 40.6 Å². The number of terminal acetylenes is 1. The first-order valence-electron chi connectivity index (χ1n) is 12.8. The number of rotatable bonds is 2. The van der Waals surface area contributed by atoms with E-state index >= 15 is 0 Å². The lowest BCUT2D eigenvalue weighted by Crippen LogP contribution is -2.65. The molecule has 0 radical (unpaired) electrons. The Hall–Kier alpha value is -3.53. The minimum absolute atomic E-state index is 0.0500. The molecule has 1 N–H and O–H groups in total. The van der Waals surface area contributed by atoms with Crippen molar-refractivity contribution in [3.8, 4) is 12.3 Å². The average molecular weight is 506 g/mol. The second-order valence-electron chi connectivity index (χ2n) is 10.4. The van der Waals surface area contributed by atoms with Crippen molar-refractivity contribution in [1.82, 2.24) is 4.90 Å². The molecule has 7 rings (SSSR count). The van der Waals surface area contributed by atoms with E-state index in [2.05, 4.69) is 53.4 Å². The molecule has 4 heterocycles. The van der Waals surface area contributed by atoms with Crippen LogP contribution in [0.3, 0.4) is 0 Å². The number of fused-ring (bicyclic) bond motifs is 6. The van der Waals surface area contributed by atoms with Gasteiger partial charge in [-0.25, -0.2) is 0 Å². The van der Waals surface area contributed by atoms with Crippen molar-refractivity contribution in [3.63, 3.8) is 0 Å². The molecule has 6 heteroatoms. The third kappa shape index (κ3) is 2.71. The number of anilines is 2. The van der Waals surface area contributed by atoms with Crippen LogP contribution in [0.4, 0.5) is 11.4 Å². The average Bonchev–Trinajstić information content (AvgIpc) is 3.54. The monoisotopic (exact) mass is 505 g/mol. The maximum atomic E-state index is 14.9. The summed E-state index contributed by atoms with van der Waals surface area (Å²) in [6.45, 7) is 3.00. The Morgan fingerprint density at radius 3 is 2.62 bits per heavy atom. The van der Waals surface area contributed by atoms with Crippen LogP contribution in [0.1, 0.15) is 35.4 Å². The summed E-state index contributed by atoms with van der Waals surface area (Å²) in [4.78, 5) is 34.6. The zero-order valence-corrected chi connectivity index (χ0v) is 21.4. The van der Waals surface area contributed by atoms with Crippen LogP contribution in [-0.2, 0) is 15.1 Å². The molecule has 4 aliphatic rings. The lowest BCUT2D eigenvalue weighted by molar-refractivity contribution is -0.134. The Bertz CT molecular complexity index is 1490. The summed E-state index contributed by atoms with van der Waals surface area (Å²) in [5.41, 5.74) is 3.60. The topological polar surface area (TPSA) is 52.7 Å². The van der Waals surface area contributed by atoms with Crippen molar-refractivity contribution in [2.45, 2.75) is 46.9 Å². The Morgan fingerprint density at radius 2 is 1.81 bits per heavy atom. The summed E-state index contributed by atoms with van der Waals surface area (Å²) in [6, 6.07) is 24.4. The highest BCUT2D eigenvalue weighted by Crippen LogP contribution is 2.70. The number of hydrogen-bond acceptors (Lipinski definition) is 4. The number of aryl methyl sites for hydroxylation is 1. The number of thioether (sulfide) groups is 1. The lowest BCUT2D eigenvalue weighted by atomic mass is 9.70. The van der Waals surface area contributed by atoms with E-state index in [0.29, 0.717) is 0 Å². The van der Waals surface area contributed by atoms with Crippen molar-refractivity contribution in [1.29, 1.82) is 0 Å². The smallest absolute Gasteiger partial charge is 0.255 e. The first kappa shape index (κ1) is 22.7. The van der Waals surface area contributed by atoms with Gasteiger partial charge >= 0.3 is 0 Å². The number of nitrogens with one attached hydrogen (secondary N) is 1. The zero-order chi connectivity index (χ0) is 25.4. The number of nitrogens with zero attached hydrogens (tertiary/aromatic N) is 2. The summed E-state index contributed by atoms with van der Waals surface area (Å²) in [7, 11) is 0. The summed E-state index contributed by atoms with van der Waals surface area (Å²) >= 11 is 1.57. The van der Waals surface area contributed by atoms with Crippen LogP contribution in [0.2, 0.25) is 0 Å². The zero-order valence-electron chi connectivity index (χ0n) is 20.6. The summed E-state index contributed by atoms with van der Waals surface area (Å²) in [6.07, 6.45) is 7.69. The first-order valence-corrected chi connectivity index (χ1v) is 13.6. The lowest BCUT2D eigenvalue weighted by Gasteiger charge is -2.48. The van der Waals surface area contributed by atoms with Gasteiger partial charge in [-0.1, -0.05) is 66.1 Å². The molecular formula is C31H27N3O2S. The standard InChI is InChI=1S/C31H27N3O2S/c1-3-18-33-24-11-6-4-9-22(24)30(29(33)36)31(28(35)32-23-10-5-7-13-26(23)37-31)27(25-12-8-19-34(25)30)21-16-14-20(2)15-17-21/h1,4-7,9-11,13-17,25,27H,8,12,18-19H2,2H3,(H,32,35)/t25?,27-,30-,31+/m0/s1. The molecule has 4 atom stereocenters. The molecule has 0 aliphatic carbocycles. The van der Waals surface area contributed by atoms with Gasteiger partial charge in [0.2, 0.25) is 5.91 Å². The molecule has 184 valence electrons. The molecule has 2 spiro atoms. The third-order valence-electron chi connectivity index (χ3n) is 8.66. The number of amides is 2. The normalized spacial score (nSPS) is 29.8. The molecule has 3 aromatic rings. The van der Waals surface area contributed by atoms with E-state index in [1.165, 1.54) is 5.56 Å². The third-order valence-corrected chi connectivity index (χ3v) is 10.3. The molecule has 2 amide bonds. The second kappa shape index (κ2) is 7.98. The van der Waals surface area contributed by atoms with Gasteiger partial charge in [0, 0.05) is 22.4 Å². The van der Waals surface area contributed by atoms with Crippen LogP contribution in [0.15, 0.2) is 77.7 Å². The molecule has 37 heavy (non-hydrogen) atoms. The van der Waals surface area contributed by atoms with Crippen LogP contribution < -0.4 is 10.2 Å². The van der Waals surface area contributed by atoms with E-state index in [9.17, 15) is 9.59 Å². The van der Waals surface area contributed by atoms with Gasteiger partial charge < -0.3 is 5.32 Å². The Kier molecular flexibility index (Phi) is 4.89. The predicted molar refractivity (Wildman–Crippen MR) is 147 cm³/mol. The van der Waals surface area contributed by atoms with Crippen LogP contribution >= 0.6 is 11.8 Å². The maximum absolute atomic E-state index is 14.9. The molecule has 3 aromatic carbocycles. The first-order chi connectivity index (χ1) is 18.0. The van der Waals surface area contributed by atoms with E-state index in [-0.39, 0.29) is 30.3 Å². The van der Waals surface area contributed by atoms with Crippen molar-refractivity contribution in [3.05, 3.63) is 89.5 Å². The molecule has 0 bridgehead atoms. The number of para-hydroxylation sites is 2. The van der Waals surface area contributed by atoms with Crippen molar-refractivity contribution < 1.29 is 9.59 Å². The largest absolute Gasteiger partial charge is 0.324 e. The molecule has 1 unspecified atom stereocenters.